The highest BCUT2D eigenvalue weighted by Crippen LogP contribution is 2.37. The molecule has 0 unspecified atom stereocenters. The third-order valence-electron chi connectivity index (χ3n) is 3.99. The van der Waals surface area contributed by atoms with Crippen molar-refractivity contribution >= 4 is 46.8 Å². The number of ether oxygens (including phenoxy) is 3. The molecule has 0 saturated carbocycles. The van der Waals surface area contributed by atoms with Gasteiger partial charge in [-0.2, -0.15) is 0 Å². The van der Waals surface area contributed by atoms with Gasteiger partial charge in [-0.25, -0.2) is 9.79 Å². The van der Waals surface area contributed by atoms with E-state index in [1.165, 1.54) is 24.3 Å². The third-order valence-corrected chi connectivity index (χ3v) is 4.59. The average Bonchev–Trinajstić information content (AvgIpc) is 3.08. The lowest BCUT2D eigenvalue weighted by Gasteiger charge is -2.13. The summed E-state index contributed by atoms with van der Waals surface area (Å²) in [6.45, 7) is 6.03. The van der Waals surface area contributed by atoms with Gasteiger partial charge in [0.15, 0.2) is 17.2 Å². The maximum Gasteiger partial charge on any atom is 0.363 e. The standard InChI is InChI=1S/C21H16Cl2N2O6/c1-3-7-30-19-15(23)8-12(10-18(19)29-4-2)9-16-21(26)31-20(24-16)13-5-6-14(22)17(11-13)25(27)28/h3,5-6,8-11H,1,4,7H2,2H3/b16-9-. The number of hydrogen-bond acceptors (Lipinski definition) is 7. The maximum absolute atomic E-state index is 12.3. The second kappa shape index (κ2) is 9.63. The molecule has 1 aliphatic heterocycles. The summed E-state index contributed by atoms with van der Waals surface area (Å²) in [5.74, 6) is -0.0310. The quantitative estimate of drug-likeness (QED) is 0.175. The Morgan fingerprint density at radius 3 is 2.68 bits per heavy atom. The van der Waals surface area contributed by atoms with Crippen molar-refractivity contribution < 1.29 is 23.9 Å². The highest BCUT2D eigenvalue weighted by molar-refractivity contribution is 6.33. The molecule has 160 valence electrons. The molecule has 31 heavy (non-hydrogen) atoms. The molecular weight excluding hydrogens is 447 g/mol. The Balaban J connectivity index is 1.97. The lowest BCUT2D eigenvalue weighted by Crippen LogP contribution is -2.06. The van der Waals surface area contributed by atoms with Gasteiger partial charge in [-0.15, -0.1) is 0 Å². The van der Waals surface area contributed by atoms with Crippen LogP contribution in [0.5, 0.6) is 11.5 Å². The minimum atomic E-state index is -0.714. The first-order valence-electron chi connectivity index (χ1n) is 9.01. The van der Waals surface area contributed by atoms with Gasteiger partial charge in [-0.05, 0) is 42.8 Å². The van der Waals surface area contributed by atoms with Gasteiger partial charge in [-0.3, -0.25) is 10.1 Å². The highest BCUT2D eigenvalue weighted by atomic mass is 35.5. The van der Waals surface area contributed by atoms with Crippen molar-refractivity contribution in [1.29, 1.82) is 0 Å². The summed E-state index contributed by atoms with van der Waals surface area (Å²) in [6, 6.07) is 7.23. The van der Waals surface area contributed by atoms with Crippen molar-refractivity contribution in [2.24, 2.45) is 4.99 Å². The number of nitrogens with zero attached hydrogens (tertiary/aromatic N) is 2. The van der Waals surface area contributed by atoms with Gasteiger partial charge >= 0.3 is 5.97 Å². The van der Waals surface area contributed by atoms with Gasteiger partial charge in [0.05, 0.1) is 16.6 Å². The number of rotatable bonds is 8. The summed E-state index contributed by atoms with van der Waals surface area (Å²) in [5.41, 5.74) is 0.442. The molecule has 0 aromatic heterocycles. The number of carbonyl (C=O) groups excluding carboxylic acids is 1. The molecule has 0 aliphatic carbocycles. The second-order valence-electron chi connectivity index (χ2n) is 6.12. The predicted octanol–water partition coefficient (Wildman–Crippen LogP) is 5.21. The Bertz CT molecular complexity index is 1130. The van der Waals surface area contributed by atoms with Gasteiger partial charge in [0.2, 0.25) is 5.90 Å². The number of hydrogen-bond donors (Lipinski definition) is 0. The zero-order valence-corrected chi connectivity index (χ0v) is 17.8. The van der Waals surface area contributed by atoms with Crippen LogP contribution in [0.2, 0.25) is 10.0 Å². The van der Waals surface area contributed by atoms with E-state index in [4.69, 9.17) is 37.4 Å². The van der Waals surface area contributed by atoms with Crippen LogP contribution in [0.15, 0.2) is 53.7 Å². The number of carbonyl (C=O) groups is 1. The second-order valence-corrected chi connectivity index (χ2v) is 6.94. The molecule has 0 saturated heterocycles. The van der Waals surface area contributed by atoms with Crippen LogP contribution in [0.1, 0.15) is 18.1 Å². The maximum atomic E-state index is 12.3. The minimum Gasteiger partial charge on any atom is -0.490 e. The Morgan fingerprint density at radius 1 is 1.23 bits per heavy atom. The topological polar surface area (TPSA) is 100 Å². The summed E-state index contributed by atoms with van der Waals surface area (Å²) < 4.78 is 16.3. The van der Waals surface area contributed by atoms with Gasteiger partial charge in [0.25, 0.3) is 5.69 Å². The molecule has 0 fully saturated rings. The fourth-order valence-corrected chi connectivity index (χ4v) is 3.15. The number of nitro benzene ring substituents is 1. The van der Waals surface area contributed by atoms with Crippen LogP contribution in [-0.2, 0) is 9.53 Å². The van der Waals surface area contributed by atoms with Crippen molar-refractivity contribution in [3.05, 3.63) is 80.0 Å². The summed E-state index contributed by atoms with van der Waals surface area (Å²) in [7, 11) is 0. The number of halogens is 2. The first-order chi connectivity index (χ1) is 14.8. The van der Waals surface area contributed by atoms with Crippen LogP contribution in [0.25, 0.3) is 6.08 Å². The number of aliphatic imine (C=N–C) groups is 1. The number of cyclic esters (lactones) is 1. The molecule has 8 nitrogen and oxygen atoms in total. The summed E-state index contributed by atoms with van der Waals surface area (Å²) in [6.07, 6.45) is 3.04. The number of nitro groups is 1. The van der Waals surface area contributed by atoms with E-state index in [0.29, 0.717) is 23.7 Å². The van der Waals surface area contributed by atoms with Crippen LogP contribution in [0.3, 0.4) is 0 Å². The molecule has 0 atom stereocenters. The molecule has 10 heteroatoms. The smallest absolute Gasteiger partial charge is 0.363 e. The molecule has 3 rings (SSSR count). The van der Waals surface area contributed by atoms with E-state index in [2.05, 4.69) is 11.6 Å². The molecule has 1 aliphatic rings. The van der Waals surface area contributed by atoms with Crippen molar-refractivity contribution in [3.63, 3.8) is 0 Å². The van der Waals surface area contributed by atoms with E-state index < -0.39 is 10.9 Å². The first kappa shape index (κ1) is 22.3. The van der Waals surface area contributed by atoms with Crippen molar-refractivity contribution in [2.75, 3.05) is 13.2 Å². The van der Waals surface area contributed by atoms with Crippen molar-refractivity contribution in [3.8, 4) is 11.5 Å². The average molecular weight is 463 g/mol. The molecule has 1 heterocycles. The SMILES string of the molecule is C=CCOc1c(Cl)cc(/C=C2\N=C(c3ccc(Cl)c([N+](=O)[O-])c3)OC2=O)cc1OCC. The van der Waals surface area contributed by atoms with Gasteiger partial charge in [0.1, 0.15) is 11.6 Å². The van der Waals surface area contributed by atoms with Crippen LogP contribution in [-0.4, -0.2) is 30.0 Å². The Hall–Kier alpha value is -3.36. The zero-order chi connectivity index (χ0) is 22.5. The van der Waals surface area contributed by atoms with Gasteiger partial charge in [-0.1, -0.05) is 35.9 Å². The van der Waals surface area contributed by atoms with E-state index in [1.807, 2.05) is 6.92 Å². The van der Waals surface area contributed by atoms with E-state index in [9.17, 15) is 14.9 Å². The van der Waals surface area contributed by atoms with E-state index in [-0.39, 0.29) is 39.5 Å². The largest absolute Gasteiger partial charge is 0.490 e. The third kappa shape index (κ3) is 5.04. The van der Waals surface area contributed by atoms with Crippen LogP contribution >= 0.6 is 23.2 Å². The van der Waals surface area contributed by atoms with Gasteiger partial charge < -0.3 is 14.2 Å². The summed E-state index contributed by atoms with van der Waals surface area (Å²) in [5, 5.41) is 11.3. The highest BCUT2D eigenvalue weighted by Gasteiger charge is 2.26. The Morgan fingerprint density at radius 2 is 2.00 bits per heavy atom. The Labute approximate surface area is 187 Å². The first-order valence-corrected chi connectivity index (χ1v) is 9.76. The lowest BCUT2D eigenvalue weighted by atomic mass is 10.1. The zero-order valence-electron chi connectivity index (χ0n) is 16.3. The van der Waals surface area contributed by atoms with Crippen LogP contribution in [0, 0.1) is 10.1 Å². The van der Waals surface area contributed by atoms with Crippen LogP contribution in [0.4, 0.5) is 5.69 Å². The molecule has 0 spiro atoms. The molecular formula is C21H16Cl2N2O6. The molecule has 2 aromatic rings. The van der Waals surface area contributed by atoms with Gasteiger partial charge in [0, 0.05) is 11.6 Å². The fourth-order valence-electron chi connectivity index (χ4n) is 2.69. The molecule has 0 N–H and O–H groups in total. The summed E-state index contributed by atoms with van der Waals surface area (Å²) >= 11 is 12.1. The summed E-state index contributed by atoms with van der Waals surface area (Å²) in [4.78, 5) is 26.9. The van der Waals surface area contributed by atoms with Crippen LogP contribution < -0.4 is 9.47 Å². The van der Waals surface area contributed by atoms with E-state index >= 15 is 0 Å². The molecule has 0 radical (unpaired) electrons. The monoisotopic (exact) mass is 462 g/mol. The minimum absolute atomic E-state index is 0.00845. The molecule has 0 amide bonds. The lowest BCUT2D eigenvalue weighted by molar-refractivity contribution is -0.384. The van der Waals surface area contributed by atoms with E-state index in [0.717, 1.165) is 0 Å². The van der Waals surface area contributed by atoms with Crippen molar-refractivity contribution in [2.45, 2.75) is 6.92 Å². The van der Waals surface area contributed by atoms with E-state index in [1.54, 1.807) is 18.2 Å². The molecule has 2 aromatic carbocycles. The van der Waals surface area contributed by atoms with Crippen molar-refractivity contribution in [1.82, 2.24) is 0 Å². The Kier molecular flexibility index (Phi) is 6.94. The fraction of sp³-hybridized carbons (Fsp3) is 0.143. The number of benzene rings is 2. The normalized spacial score (nSPS) is 14.2. The number of esters is 1. The predicted molar refractivity (Wildman–Crippen MR) is 117 cm³/mol. The molecule has 0 bridgehead atoms.